The van der Waals surface area contributed by atoms with Crippen molar-refractivity contribution in [2.45, 2.75) is 223 Å². The van der Waals surface area contributed by atoms with Crippen LogP contribution in [0.1, 0.15) is 259 Å². The average molecular weight is 1730 g/mol. The highest BCUT2D eigenvalue weighted by Gasteiger charge is 2.38. The number of likely N-dealkylation sites (N-methyl/N-ethyl adjacent to an activating group) is 2. The number of carbonyl (C=O) groups is 4. The van der Waals surface area contributed by atoms with Crippen LogP contribution in [0.2, 0.25) is 0 Å². The molecule has 24 heteroatoms. The number of rotatable bonds is 30. The number of benzene rings is 5. The Morgan fingerprint density at radius 3 is 1.01 bits per heavy atom. The quantitative estimate of drug-likeness (QED) is 0.0410. The summed E-state index contributed by atoms with van der Waals surface area (Å²) in [5.74, 6) is 12.2. The number of ketones is 1. The standard InChI is InChI=1S/C29H33N3O2.C26H36N4O2.C25H34N4O3.C23H29N3O3/c1-20-26(19-24(33)18-21-8-4-3-5-9-21)29(31-28(30-20)23-12-13-23)32-16-14-22(15-17-32)25-10-6-7-11-27(25)34-2;1-5-14-29(3)24(31)17-22-18(2)27-26(28-25(22)20-10-11-20)30-15-12-19(13-16-30)21-8-6-7-9-23(21)32-4;1-17-21(16-23(31)28(2)14-15-30)24(19-8-9-19)27-25(26-17)29-12-10-18(11-13-29)20-6-4-5-7-22(20)32-3;1-15-19(14-21(27)29-3)22(17-8-9-17)25-23(24-15)26-12-10-16(11-13-26)18-6-4-5-7-20(18)28-2/h3-11,22-23H,12-19H2,1-2H3;6-9,19-20H,5,10-17H2,1-4H3;4-7,18-19,30H,8-16H2,1-3H3;4-7,16-17H,8-14H2,1-3H3. The van der Waals surface area contributed by atoms with Crippen LogP contribution < -0.4 is 38.5 Å². The van der Waals surface area contributed by atoms with Crippen LogP contribution in [0.25, 0.3) is 0 Å². The molecule has 0 unspecified atom stereocenters. The van der Waals surface area contributed by atoms with Crippen molar-refractivity contribution < 1.29 is 48.0 Å². The molecule has 17 rings (SSSR count). The second-order valence-electron chi connectivity index (χ2n) is 35.8. The molecule has 674 valence electrons. The molecular formula is C103H132N14O10. The monoisotopic (exact) mass is 1730 g/mol. The first-order valence-electron chi connectivity index (χ1n) is 46.5. The van der Waals surface area contributed by atoms with E-state index in [1.807, 2.05) is 119 Å². The summed E-state index contributed by atoms with van der Waals surface area (Å²) in [4.78, 5) is 102. The van der Waals surface area contributed by atoms with E-state index in [-0.39, 0.29) is 36.6 Å². The van der Waals surface area contributed by atoms with E-state index in [2.05, 4.69) is 75.1 Å². The molecule has 5 aromatic carbocycles. The van der Waals surface area contributed by atoms with E-state index in [1.165, 1.54) is 42.2 Å². The van der Waals surface area contributed by atoms with Gasteiger partial charge in [0, 0.05) is 161 Å². The molecule has 0 atom stereocenters. The van der Waals surface area contributed by atoms with Gasteiger partial charge in [0.15, 0.2) is 0 Å². The van der Waals surface area contributed by atoms with E-state index < -0.39 is 0 Å². The van der Waals surface area contributed by atoms with Crippen LogP contribution in [0.5, 0.6) is 23.0 Å². The van der Waals surface area contributed by atoms with Gasteiger partial charge in [0.05, 0.1) is 78.5 Å². The number of ether oxygens (including phenoxy) is 5. The van der Waals surface area contributed by atoms with Gasteiger partial charge in [0.1, 0.15) is 40.4 Å². The maximum Gasteiger partial charge on any atom is 0.310 e. The van der Waals surface area contributed by atoms with Crippen LogP contribution in [-0.2, 0) is 56.0 Å². The first-order valence-corrected chi connectivity index (χ1v) is 46.5. The molecular weight excluding hydrogens is 1590 g/mol. The largest absolute Gasteiger partial charge is 0.496 e. The molecule has 2 amide bonds. The fourth-order valence-corrected chi connectivity index (χ4v) is 18.8. The van der Waals surface area contributed by atoms with Crippen molar-refractivity contribution in [3.05, 3.63) is 223 Å². The van der Waals surface area contributed by atoms with Crippen molar-refractivity contribution in [1.29, 1.82) is 0 Å². The molecule has 4 aliphatic carbocycles. The molecule has 0 bridgehead atoms. The summed E-state index contributed by atoms with van der Waals surface area (Å²) < 4.78 is 27.2. The van der Waals surface area contributed by atoms with Gasteiger partial charge in [-0.2, -0.15) is 0 Å². The molecule has 4 saturated carbocycles. The van der Waals surface area contributed by atoms with E-state index in [0.29, 0.717) is 79.6 Å². The number of methoxy groups -OCH3 is 5. The number of esters is 1. The lowest BCUT2D eigenvalue weighted by Crippen LogP contribution is -2.35. The number of amides is 2. The average Bonchev–Trinajstić information content (AvgIpc) is 1.79. The number of aromatic nitrogens is 8. The maximum atomic E-state index is 13.0. The third-order valence-corrected chi connectivity index (χ3v) is 26.9. The predicted molar refractivity (Wildman–Crippen MR) is 498 cm³/mol. The van der Waals surface area contributed by atoms with E-state index in [9.17, 15) is 19.2 Å². The normalized spacial score (nSPS) is 16.8. The maximum absolute atomic E-state index is 13.0. The minimum atomic E-state index is -0.232. The van der Waals surface area contributed by atoms with Crippen molar-refractivity contribution in [3.63, 3.8) is 0 Å². The fraction of sp³-hybridized carbons (Fsp3) is 0.515. The number of para-hydroxylation sites is 4. The summed E-state index contributed by atoms with van der Waals surface area (Å²) >= 11 is 0. The Kier molecular flexibility index (Phi) is 31.6. The van der Waals surface area contributed by atoms with E-state index >= 15 is 0 Å². The predicted octanol–water partition coefficient (Wildman–Crippen LogP) is 16.7. The summed E-state index contributed by atoms with van der Waals surface area (Å²) in [5, 5.41) is 9.13. The Morgan fingerprint density at radius 1 is 0.354 bits per heavy atom. The third-order valence-electron chi connectivity index (χ3n) is 26.9. The molecule has 4 aromatic heterocycles. The van der Waals surface area contributed by atoms with Gasteiger partial charge in [-0.3, -0.25) is 19.2 Å². The molecule has 0 radical (unpaired) electrons. The zero-order valence-electron chi connectivity index (χ0n) is 77.0. The molecule has 8 heterocycles. The first-order chi connectivity index (χ1) is 61.7. The van der Waals surface area contributed by atoms with Gasteiger partial charge in [-0.05, 0) is 213 Å². The minimum Gasteiger partial charge on any atom is -0.496 e. The van der Waals surface area contributed by atoms with E-state index in [4.69, 9.17) is 68.7 Å². The molecule has 4 saturated heterocycles. The summed E-state index contributed by atoms with van der Waals surface area (Å²) in [6.07, 6.45) is 20.3. The second kappa shape index (κ2) is 43.6. The number of nitrogens with zero attached hydrogens (tertiary/aromatic N) is 14. The van der Waals surface area contributed by atoms with Crippen LogP contribution in [0.3, 0.4) is 0 Å². The number of aliphatic hydroxyl groups excluding tert-OH is 1. The van der Waals surface area contributed by atoms with Gasteiger partial charge in [0.25, 0.3) is 0 Å². The molecule has 127 heavy (non-hydrogen) atoms. The molecule has 8 aliphatic rings. The van der Waals surface area contributed by atoms with Crippen LogP contribution in [0.15, 0.2) is 127 Å². The molecule has 0 spiro atoms. The van der Waals surface area contributed by atoms with E-state index in [0.717, 1.165) is 275 Å². The van der Waals surface area contributed by atoms with Crippen LogP contribution in [0.4, 0.5) is 23.7 Å². The van der Waals surface area contributed by atoms with Crippen molar-refractivity contribution in [2.24, 2.45) is 0 Å². The lowest BCUT2D eigenvalue weighted by Gasteiger charge is -2.35. The fourth-order valence-electron chi connectivity index (χ4n) is 18.8. The number of anilines is 4. The van der Waals surface area contributed by atoms with Crippen molar-refractivity contribution in [1.82, 2.24) is 49.7 Å². The summed E-state index contributed by atoms with van der Waals surface area (Å²) in [5.41, 5.74) is 17.1. The van der Waals surface area contributed by atoms with Crippen LogP contribution in [0, 0.1) is 27.7 Å². The minimum absolute atomic E-state index is 0.00183. The van der Waals surface area contributed by atoms with Gasteiger partial charge in [-0.25, -0.2) is 39.9 Å². The number of piperidine rings is 4. The molecule has 4 aliphatic heterocycles. The molecule has 8 fully saturated rings. The molecule has 24 nitrogen and oxygen atoms in total. The summed E-state index contributed by atoms with van der Waals surface area (Å²) in [7, 11) is 12.0. The Balaban J connectivity index is 0.000000137. The Bertz CT molecular complexity index is 5060. The van der Waals surface area contributed by atoms with E-state index in [1.54, 1.807) is 40.4 Å². The zero-order chi connectivity index (χ0) is 89.2. The Hall–Kier alpha value is -11.1. The summed E-state index contributed by atoms with van der Waals surface area (Å²) in [6, 6.07) is 43.3. The highest BCUT2D eigenvalue weighted by atomic mass is 16.5. The van der Waals surface area contributed by atoms with Gasteiger partial charge >= 0.3 is 5.97 Å². The van der Waals surface area contributed by atoms with Crippen molar-refractivity contribution >= 4 is 47.2 Å². The zero-order valence-corrected chi connectivity index (χ0v) is 77.0. The third kappa shape index (κ3) is 23.6. The Labute approximate surface area is 751 Å². The lowest BCUT2D eigenvalue weighted by atomic mass is 9.88. The highest BCUT2D eigenvalue weighted by molar-refractivity contribution is 5.85. The number of carbonyl (C=O) groups excluding carboxylic acids is 4. The highest BCUT2D eigenvalue weighted by Crippen LogP contribution is 2.48. The lowest BCUT2D eigenvalue weighted by molar-refractivity contribution is -0.140. The van der Waals surface area contributed by atoms with Gasteiger partial charge in [-0.1, -0.05) is 110 Å². The Morgan fingerprint density at radius 2 is 0.677 bits per heavy atom. The number of Topliss-reactive ketones (excluding diaryl/α,β-unsaturated/α-hetero) is 1. The first kappa shape index (κ1) is 92.1. The second-order valence-corrected chi connectivity index (χ2v) is 35.8. The number of aryl methyl sites for hydroxylation is 4. The SMILES string of the molecule is CCCN(C)C(=O)Cc1c(C)nc(N2CCC(c3ccccc3OC)CC2)nc1C1CC1.COC(=O)Cc1c(C)nc(N2CCC(c3ccccc3OC)CC2)nc1C1CC1.COc1ccccc1C1CCN(c2nc(C)c(CC(=O)N(C)CCO)c(C3CC3)n2)CC1.COc1ccccc1C1CCN(c2nc(C3CC3)nc(C)c2CC(=O)Cc2ccccc2)CC1. The van der Waals surface area contributed by atoms with Crippen LogP contribution >= 0.6 is 0 Å². The molecule has 9 aromatic rings. The number of hydrogen-bond donors (Lipinski definition) is 1. The van der Waals surface area contributed by atoms with Crippen molar-refractivity contribution in [2.75, 3.05) is 141 Å². The van der Waals surface area contributed by atoms with Gasteiger partial charge in [0.2, 0.25) is 29.7 Å². The topological polar surface area (TPSA) is 257 Å². The summed E-state index contributed by atoms with van der Waals surface area (Å²) in [6.45, 7) is 18.6. The smallest absolute Gasteiger partial charge is 0.310 e. The number of aliphatic hydroxyl groups is 1. The number of hydrogen-bond acceptors (Lipinski definition) is 22. The van der Waals surface area contributed by atoms with Crippen LogP contribution in [-0.4, -0.2) is 200 Å². The van der Waals surface area contributed by atoms with Crippen molar-refractivity contribution in [3.8, 4) is 23.0 Å². The molecule has 1 N–H and O–H groups in total. The van der Waals surface area contributed by atoms with Gasteiger partial charge < -0.3 is 58.2 Å². The van der Waals surface area contributed by atoms with Gasteiger partial charge in [-0.15, -0.1) is 0 Å².